The van der Waals surface area contributed by atoms with Crippen LogP contribution in [-0.2, 0) is 24.1 Å². The van der Waals surface area contributed by atoms with E-state index < -0.39 is 0 Å². The molecule has 0 fully saturated rings. The highest BCUT2D eigenvalue weighted by molar-refractivity contribution is 5.91. The van der Waals surface area contributed by atoms with Crippen molar-refractivity contribution in [3.8, 4) is 11.5 Å². The van der Waals surface area contributed by atoms with E-state index in [9.17, 15) is 4.79 Å². The van der Waals surface area contributed by atoms with Crippen LogP contribution in [0.5, 0.6) is 11.5 Å². The van der Waals surface area contributed by atoms with Crippen LogP contribution in [0.25, 0.3) is 0 Å². The van der Waals surface area contributed by atoms with Gasteiger partial charge in [0.25, 0.3) is 0 Å². The summed E-state index contributed by atoms with van der Waals surface area (Å²) in [7, 11) is 1.65. The Morgan fingerprint density at radius 1 is 0.919 bits per heavy atom. The fraction of sp³-hybridized carbons (Fsp3) is 0.226. The third-order valence-electron chi connectivity index (χ3n) is 6.50. The van der Waals surface area contributed by atoms with E-state index in [1.54, 1.807) is 26.3 Å². The van der Waals surface area contributed by atoms with Gasteiger partial charge in [0.05, 0.1) is 19.3 Å². The highest BCUT2D eigenvalue weighted by Crippen LogP contribution is 2.38. The summed E-state index contributed by atoms with van der Waals surface area (Å²) >= 11 is 0. The van der Waals surface area contributed by atoms with Gasteiger partial charge < -0.3 is 19.1 Å². The summed E-state index contributed by atoms with van der Waals surface area (Å²) in [6.45, 7) is 2.69. The number of methoxy groups -OCH3 is 1. The predicted octanol–water partition coefficient (Wildman–Crippen LogP) is 6.15. The van der Waals surface area contributed by atoms with Gasteiger partial charge in [-0.2, -0.15) is 0 Å². The van der Waals surface area contributed by atoms with Gasteiger partial charge in [0.2, 0.25) is 0 Å². The molecule has 5 rings (SSSR count). The zero-order chi connectivity index (χ0) is 25.6. The Labute approximate surface area is 217 Å². The molecule has 0 unspecified atom stereocenters. The van der Waals surface area contributed by atoms with Crippen molar-refractivity contribution >= 4 is 17.3 Å². The largest absolute Gasteiger partial charge is 0.493 e. The van der Waals surface area contributed by atoms with Crippen LogP contribution in [0.4, 0.5) is 11.4 Å². The molecule has 0 saturated heterocycles. The van der Waals surface area contributed by atoms with Crippen molar-refractivity contribution in [2.75, 3.05) is 18.6 Å². The SMILES string of the molecule is CCOC(=O)c1cccc(N(Cc2cccnc2)c2ccc(OC)c(OC3Cc4ccccc4C3)c2)c1. The maximum atomic E-state index is 12.5. The molecule has 1 aromatic heterocycles. The van der Waals surface area contributed by atoms with Crippen molar-refractivity contribution in [2.24, 2.45) is 0 Å². The summed E-state index contributed by atoms with van der Waals surface area (Å²) in [4.78, 5) is 18.9. The third-order valence-corrected chi connectivity index (χ3v) is 6.50. The summed E-state index contributed by atoms with van der Waals surface area (Å²) < 4.78 is 17.4. The molecule has 0 spiro atoms. The summed E-state index contributed by atoms with van der Waals surface area (Å²) in [5.41, 5.74) is 5.97. The predicted molar refractivity (Wildman–Crippen MR) is 144 cm³/mol. The molecule has 1 aliphatic carbocycles. The molecule has 0 radical (unpaired) electrons. The summed E-state index contributed by atoms with van der Waals surface area (Å²) in [6.07, 6.45) is 5.38. The number of anilines is 2. The van der Waals surface area contributed by atoms with Gasteiger partial charge in [0.15, 0.2) is 11.5 Å². The lowest BCUT2D eigenvalue weighted by molar-refractivity contribution is 0.0526. The second kappa shape index (κ2) is 11.2. The first kappa shape index (κ1) is 24.4. The fourth-order valence-electron chi connectivity index (χ4n) is 4.73. The molecule has 0 atom stereocenters. The first-order valence-corrected chi connectivity index (χ1v) is 12.5. The van der Waals surface area contributed by atoms with Crippen molar-refractivity contribution in [3.05, 3.63) is 114 Å². The molecule has 0 N–H and O–H groups in total. The molecule has 0 saturated carbocycles. The van der Waals surface area contributed by atoms with E-state index in [-0.39, 0.29) is 12.1 Å². The average molecular weight is 495 g/mol. The van der Waals surface area contributed by atoms with Crippen molar-refractivity contribution in [2.45, 2.75) is 32.4 Å². The highest BCUT2D eigenvalue weighted by Gasteiger charge is 2.24. The average Bonchev–Trinajstić information content (AvgIpc) is 3.35. The molecule has 37 heavy (non-hydrogen) atoms. The van der Waals surface area contributed by atoms with Crippen LogP contribution in [0, 0.1) is 0 Å². The standard InChI is InChI=1S/C31H30N2O4/c1-3-36-31(34)25-11-6-12-26(16-25)33(21-22-8-7-15-32-20-22)27-13-14-29(35-2)30(19-27)37-28-17-23-9-4-5-10-24(23)18-28/h4-16,19-20,28H,3,17-18,21H2,1-2H3. The molecule has 4 aromatic rings. The van der Waals surface area contributed by atoms with Crippen LogP contribution in [0.1, 0.15) is 34.0 Å². The Bertz CT molecular complexity index is 1350. The Balaban J connectivity index is 1.49. The number of ether oxygens (including phenoxy) is 3. The maximum Gasteiger partial charge on any atom is 0.338 e. The van der Waals surface area contributed by atoms with Gasteiger partial charge in [0.1, 0.15) is 6.10 Å². The molecular weight excluding hydrogens is 464 g/mol. The number of hydrogen-bond donors (Lipinski definition) is 0. The molecule has 1 aliphatic rings. The number of aromatic nitrogens is 1. The zero-order valence-corrected chi connectivity index (χ0v) is 21.1. The molecule has 3 aromatic carbocycles. The monoisotopic (exact) mass is 494 g/mol. The van der Waals surface area contributed by atoms with Gasteiger partial charge in [-0.3, -0.25) is 4.98 Å². The van der Waals surface area contributed by atoms with E-state index in [2.05, 4.69) is 34.1 Å². The van der Waals surface area contributed by atoms with E-state index in [0.29, 0.717) is 30.2 Å². The van der Waals surface area contributed by atoms with Gasteiger partial charge in [0, 0.05) is 49.2 Å². The third kappa shape index (κ3) is 5.59. The summed E-state index contributed by atoms with van der Waals surface area (Å²) in [6, 6.07) is 25.8. The Kier molecular flexibility index (Phi) is 7.36. The lowest BCUT2D eigenvalue weighted by atomic mass is 10.1. The van der Waals surface area contributed by atoms with Crippen molar-refractivity contribution in [1.29, 1.82) is 0 Å². The lowest BCUT2D eigenvalue weighted by Crippen LogP contribution is -2.19. The van der Waals surface area contributed by atoms with Gasteiger partial charge in [-0.25, -0.2) is 4.79 Å². The van der Waals surface area contributed by atoms with Gasteiger partial charge >= 0.3 is 5.97 Å². The van der Waals surface area contributed by atoms with Crippen molar-refractivity contribution in [1.82, 2.24) is 4.98 Å². The fourth-order valence-corrected chi connectivity index (χ4v) is 4.73. The van der Waals surface area contributed by atoms with Crippen LogP contribution >= 0.6 is 0 Å². The normalized spacial score (nSPS) is 12.6. The van der Waals surface area contributed by atoms with Gasteiger partial charge in [-0.15, -0.1) is 0 Å². The molecular formula is C31H30N2O4. The molecule has 0 aliphatic heterocycles. The number of nitrogens with zero attached hydrogens (tertiary/aromatic N) is 2. The van der Waals surface area contributed by atoms with E-state index in [1.165, 1.54) is 11.1 Å². The zero-order valence-electron chi connectivity index (χ0n) is 21.1. The van der Waals surface area contributed by atoms with E-state index >= 15 is 0 Å². The number of pyridine rings is 1. The topological polar surface area (TPSA) is 60.9 Å². The van der Waals surface area contributed by atoms with Crippen LogP contribution < -0.4 is 14.4 Å². The van der Waals surface area contributed by atoms with Crippen molar-refractivity contribution < 1.29 is 19.0 Å². The minimum Gasteiger partial charge on any atom is -0.493 e. The van der Waals surface area contributed by atoms with Crippen molar-refractivity contribution in [3.63, 3.8) is 0 Å². The smallest absolute Gasteiger partial charge is 0.338 e. The van der Waals surface area contributed by atoms with Gasteiger partial charge in [-0.1, -0.05) is 36.4 Å². The van der Waals surface area contributed by atoms with Gasteiger partial charge in [-0.05, 0) is 60.0 Å². The summed E-state index contributed by atoms with van der Waals surface area (Å²) in [5.74, 6) is 1.03. The molecule has 0 bridgehead atoms. The quantitative estimate of drug-likeness (QED) is 0.260. The second-order valence-electron chi connectivity index (χ2n) is 8.97. The maximum absolute atomic E-state index is 12.5. The molecule has 6 heteroatoms. The number of hydrogen-bond acceptors (Lipinski definition) is 6. The van der Waals surface area contributed by atoms with Crippen LogP contribution in [0.3, 0.4) is 0 Å². The van der Waals surface area contributed by atoms with Crippen LogP contribution in [0.15, 0.2) is 91.3 Å². The lowest BCUT2D eigenvalue weighted by Gasteiger charge is -2.27. The first-order chi connectivity index (χ1) is 18.1. The number of carbonyl (C=O) groups excluding carboxylic acids is 1. The first-order valence-electron chi connectivity index (χ1n) is 12.5. The molecule has 6 nitrogen and oxygen atoms in total. The van der Waals surface area contributed by atoms with E-state index in [4.69, 9.17) is 14.2 Å². The number of rotatable bonds is 9. The number of benzene rings is 3. The Hall–Kier alpha value is -4.32. The number of fused-ring (bicyclic) bond motifs is 1. The Morgan fingerprint density at radius 2 is 1.70 bits per heavy atom. The Morgan fingerprint density at radius 3 is 2.41 bits per heavy atom. The number of carbonyl (C=O) groups is 1. The molecule has 1 heterocycles. The van der Waals surface area contributed by atoms with Crippen LogP contribution in [0.2, 0.25) is 0 Å². The molecule has 188 valence electrons. The van der Waals surface area contributed by atoms with Crippen LogP contribution in [-0.4, -0.2) is 30.8 Å². The van der Waals surface area contributed by atoms with E-state index in [1.807, 2.05) is 54.7 Å². The summed E-state index contributed by atoms with van der Waals surface area (Å²) in [5, 5.41) is 0. The number of esters is 1. The van der Waals surface area contributed by atoms with E-state index in [0.717, 1.165) is 29.8 Å². The second-order valence-corrected chi connectivity index (χ2v) is 8.97. The minimum absolute atomic E-state index is 0.0421. The molecule has 0 amide bonds. The highest BCUT2D eigenvalue weighted by atomic mass is 16.5. The minimum atomic E-state index is -0.342.